The van der Waals surface area contributed by atoms with Crippen LogP contribution < -0.4 is 4.80 Å². The van der Waals surface area contributed by atoms with Crippen molar-refractivity contribution in [2.45, 2.75) is 13.5 Å². The Bertz CT molecular complexity index is 1040. The summed E-state index contributed by atoms with van der Waals surface area (Å²) < 4.78 is 12.6. The second kappa shape index (κ2) is 7.20. The number of hydrogen-bond donors (Lipinski definition) is 0. The average Bonchev–Trinajstić information content (AvgIpc) is 3.24. The topological polar surface area (TPSA) is 73.8 Å². The Labute approximate surface area is 147 Å². The van der Waals surface area contributed by atoms with Crippen LogP contribution in [0.1, 0.15) is 27.8 Å². The predicted molar refractivity (Wildman–Crippen MR) is 93.2 cm³/mol. The molecule has 2 aromatic heterocycles. The lowest BCUT2D eigenvalue weighted by molar-refractivity contribution is 0.0526. The first-order valence-electron chi connectivity index (χ1n) is 7.50. The number of hydrogen-bond acceptors (Lipinski definition) is 5. The maximum Gasteiger partial charge on any atom is 0.338 e. The molecule has 0 saturated carbocycles. The first-order valence-corrected chi connectivity index (χ1v) is 8.32. The van der Waals surface area contributed by atoms with Crippen LogP contribution in [0.5, 0.6) is 0 Å². The van der Waals surface area contributed by atoms with Gasteiger partial charge in [0.2, 0.25) is 0 Å². The summed E-state index contributed by atoms with van der Waals surface area (Å²) in [6.45, 7) is 2.30. The molecule has 3 rings (SSSR count). The van der Waals surface area contributed by atoms with Gasteiger partial charge in [-0.05, 0) is 37.3 Å². The summed E-state index contributed by atoms with van der Waals surface area (Å²) in [7, 11) is 0. The molecule has 6 nitrogen and oxygen atoms in total. The zero-order valence-electron chi connectivity index (χ0n) is 13.4. The maximum atomic E-state index is 12.2. The molecule has 0 bridgehead atoms. The van der Waals surface area contributed by atoms with Crippen molar-refractivity contribution in [3.63, 3.8) is 0 Å². The Morgan fingerprint density at radius 2 is 2.24 bits per heavy atom. The zero-order valence-corrected chi connectivity index (χ0v) is 14.2. The Balaban J connectivity index is 2.11. The van der Waals surface area contributed by atoms with Gasteiger partial charge in [-0.25, -0.2) is 4.79 Å². The largest absolute Gasteiger partial charge is 0.462 e. The van der Waals surface area contributed by atoms with E-state index in [1.54, 1.807) is 41.8 Å². The van der Waals surface area contributed by atoms with Gasteiger partial charge >= 0.3 is 11.9 Å². The minimum absolute atomic E-state index is 0.150. The lowest BCUT2D eigenvalue weighted by atomic mass is 10.2. The number of carbonyl (C=O) groups is 2. The van der Waals surface area contributed by atoms with E-state index in [1.807, 2.05) is 0 Å². The number of fused-ring (bicyclic) bond motifs is 1. The summed E-state index contributed by atoms with van der Waals surface area (Å²) in [4.78, 5) is 28.6. The van der Waals surface area contributed by atoms with Gasteiger partial charge in [-0.1, -0.05) is 17.3 Å². The molecule has 7 heteroatoms. The van der Waals surface area contributed by atoms with Crippen LogP contribution in [0.3, 0.4) is 0 Å². The van der Waals surface area contributed by atoms with Crippen molar-refractivity contribution in [1.82, 2.24) is 4.57 Å². The highest BCUT2D eigenvalue weighted by Crippen LogP contribution is 2.20. The number of terminal acetylenes is 1. The van der Waals surface area contributed by atoms with Crippen LogP contribution in [-0.2, 0) is 11.3 Å². The number of rotatable bonds is 4. The molecule has 0 aliphatic rings. The molecule has 0 fully saturated rings. The minimum Gasteiger partial charge on any atom is -0.462 e. The van der Waals surface area contributed by atoms with Crippen LogP contribution in [0.2, 0.25) is 0 Å². The van der Waals surface area contributed by atoms with Crippen molar-refractivity contribution in [3.05, 3.63) is 52.7 Å². The highest BCUT2D eigenvalue weighted by Gasteiger charge is 2.13. The van der Waals surface area contributed by atoms with Crippen LogP contribution in [0.25, 0.3) is 10.2 Å². The smallest absolute Gasteiger partial charge is 0.338 e. The summed E-state index contributed by atoms with van der Waals surface area (Å²) >= 11 is 1.27. The van der Waals surface area contributed by atoms with Gasteiger partial charge < -0.3 is 13.7 Å². The van der Waals surface area contributed by atoms with Crippen LogP contribution in [0, 0.1) is 12.3 Å². The molecule has 0 spiro atoms. The summed E-state index contributed by atoms with van der Waals surface area (Å²) in [5, 5.41) is 0. The van der Waals surface area contributed by atoms with Crippen molar-refractivity contribution >= 4 is 33.4 Å². The molecule has 0 atom stereocenters. The van der Waals surface area contributed by atoms with Crippen LogP contribution in [0.15, 0.2) is 46.0 Å². The number of esters is 1. The summed E-state index contributed by atoms with van der Waals surface area (Å²) in [6.07, 6.45) is 6.85. The summed E-state index contributed by atoms with van der Waals surface area (Å²) in [6, 6.07) is 8.31. The van der Waals surface area contributed by atoms with E-state index in [0.717, 1.165) is 10.2 Å². The van der Waals surface area contributed by atoms with E-state index in [1.165, 1.54) is 17.6 Å². The Hall–Kier alpha value is -3.11. The highest BCUT2D eigenvalue weighted by molar-refractivity contribution is 7.16. The molecule has 0 unspecified atom stereocenters. The van der Waals surface area contributed by atoms with Gasteiger partial charge in [0.25, 0.3) is 0 Å². The normalized spacial score (nSPS) is 11.4. The maximum absolute atomic E-state index is 12.2. The number of aromatic nitrogens is 1. The second-order valence-electron chi connectivity index (χ2n) is 4.97. The monoisotopic (exact) mass is 354 g/mol. The third-order valence-electron chi connectivity index (χ3n) is 3.37. The van der Waals surface area contributed by atoms with Crippen LogP contribution in [0.4, 0.5) is 0 Å². The van der Waals surface area contributed by atoms with E-state index < -0.39 is 11.9 Å². The average molecular weight is 354 g/mol. The second-order valence-corrected chi connectivity index (χ2v) is 5.98. The van der Waals surface area contributed by atoms with Crippen molar-refractivity contribution in [1.29, 1.82) is 0 Å². The molecule has 1 amide bonds. The van der Waals surface area contributed by atoms with Crippen molar-refractivity contribution in [2.24, 2.45) is 4.99 Å². The molecular formula is C18H14N2O4S. The molecule has 2 heterocycles. The number of thiazole rings is 1. The first-order chi connectivity index (χ1) is 12.1. The molecule has 0 aliphatic heterocycles. The van der Waals surface area contributed by atoms with Gasteiger partial charge in [-0.15, -0.1) is 6.42 Å². The fourth-order valence-electron chi connectivity index (χ4n) is 2.29. The molecule has 25 heavy (non-hydrogen) atoms. The molecule has 0 saturated heterocycles. The highest BCUT2D eigenvalue weighted by atomic mass is 32.1. The van der Waals surface area contributed by atoms with Crippen LogP contribution in [-0.4, -0.2) is 23.1 Å². The quantitative estimate of drug-likeness (QED) is 0.533. The summed E-state index contributed by atoms with van der Waals surface area (Å²) in [5.41, 5.74) is 1.23. The fourth-order valence-corrected chi connectivity index (χ4v) is 3.35. The standard InChI is InChI=1S/C18H14N2O4S/c1-3-9-20-13-8-7-12(17(22)23-4-2)11-15(13)25-18(20)19-16(21)14-6-5-10-24-14/h1,5-8,10-11H,4,9H2,2H3. The fraction of sp³-hybridized carbons (Fsp3) is 0.167. The third kappa shape index (κ3) is 3.39. The number of furan rings is 1. The Morgan fingerprint density at radius 3 is 2.92 bits per heavy atom. The van der Waals surface area contributed by atoms with Crippen molar-refractivity contribution in [3.8, 4) is 12.3 Å². The van der Waals surface area contributed by atoms with Gasteiger partial charge in [0, 0.05) is 0 Å². The van der Waals surface area contributed by atoms with E-state index in [4.69, 9.17) is 15.6 Å². The van der Waals surface area contributed by atoms with E-state index in [9.17, 15) is 9.59 Å². The molecule has 0 radical (unpaired) electrons. The molecule has 0 aliphatic carbocycles. The van der Waals surface area contributed by atoms with E-state index in [0.29, 0.717) is 17.0 Å². The molecular weight excluding hydrogens is 340 g/mol. The van der Waals surface area contributed by atoms with Crippen molar-refractivity contribution < 1.29 is 18.7 Å². The molecule has 1 aromatic carbocycles. The first kappa shape index (κ1) is 16.7. The van der Waals surface area contributed by atoms with Crippen molar-refractivity contribution in [2.75, 3.05) is 6.61 Å². The van der Waals surface area contributed by atoms with Gasteiger partial charge in [-0.2, -0.15) is 4.99 Å². The minimum atomic E-state index is -0.493. The van der Waals surface area contributed by atoms with Gasteiger partial charge in [0.15, 0.2) is 10.6 Å². The number of nitrogens with zero attached hydrogens (tertiary/aromatic N) is 2. The summed E-state index contributed by atoms with van der Waals surface area (Å²) in [5.74, 6) is 1.81. The molecule has 3 aromatic rings. The van der Waals surface area contributed by atoms with E-state index >= 15 is 0 Å². The number of ether oxygens (including phenoxy) is 1. The van der Waals surface area contributed by atoms with E-state index in [-0.39, 0.29) is 12.3 Å². The lowest BCUT2D eigenvalue weighted by Crippen LogP contribution is -2.16. The zero-order chi connectivity index (χ0) is 17.8. The van der Waals surface area contributed by atoms with Crippen LogP contribution >= 0.6 is 11.3 Å². The van der Waals surface area contributed by atoms with Gasteiger partial charge in [-0.3, -0.25) is 4.79 Å². The third-order valence-corrected chi connectivity index (χ3v) is 4.41. The van der Waals surface area contributed by atoms with Gasteiger partial charge in [0.05, 0.1) is 35.2 Å². The number of amides is 1. The Kier molecular flexibility index (Phi) is 4.82. The number of benzene rings is 1. The van der Waals surface area contributed by atoms with Gasteiger partial charge in [0.1, 0.15) is 0 Å². The Morgan fingerprint density at radius 1 is 1.40 bits per heavy atom. The SMILES string of the molecule is C#CCn1c(=NC(=O)c2ccco2)sc2cc(C(=O)OCC)ccc21. The number of carbonyl (C=O) groups excluding carboxylic acids is 2. The molecule has 0 N–H and O–H groups in total. The lowest BCUT2D eigenvalue weighted by Gasteiger charge is -2.03. The van der Waals surface area contributed by atoms with E-state index in [2.05, 4.69) is 10.9 Å². The molecule has 126 valence electrons. The predicted octanol–water partition coefficient (Wildman–Crippen LogP) is 2.85.